The van der Waals surface area contributed by atoms with Gasteiger partial charge in [0.1, 0.15) is 4.60 Å². The first-order valence-corrected chi connectivity index (χ1v) is 8.06. The van der Waals surface area contributed by atoms with Gasteiger partial charge in [0.2, 0.25) is 0 Å². The molecule has 2 atom stereocenters. The summed E-state index contributed by atoms with van der Waals surface area (Å²) in [6.45, 7) is 2.93. The Labute approximate surface area is 128 Å². The van der Waals surface area contributed by atoms with Gasteiger partial charge in [-0.05, 0) is 66.8 Å². The first-order chi connectivity index (χ1) is 9.66. The van der Waals surface area contributed by atoms with Gasteiger partial charge in [-0.25, -0.2) is 4.98 Å². The van der Waals surface area contributed by atoms with Gasteiger partial charge in [0, 0.05) is 25.3 Å². The van der Waals surface area contributed by atoms with Crippen LogP contribution in [0.5, 0.6) is 0 Å². The van der Waals surface area contributed by atoms with Crippen LogP contribution in [0.3, 0.4) is 0 Å². The van der Waals surface area contributed by atoms with Crippen LogP contribution in [0.25, 0.3) is 0 Å². The maximum atomic E-state index is 12.6. The van der Waals surface area contributed by atoms with Crippen LogP contribution < -0.4 is 0 Å². The molecule has 1 aromatic rings. The molecule has 2 saturated heterocycles. The molecule has 2 fully saturated rings. The third-order valence-electron chi connectivity index (χ3n) is 4.62. The van der Waals surface area contributed by atoms with Crippen molar-refractivity contribution in [2.24, 2.45) is 5.92 Å². The Morgan fingerprint density at radius 2 is 2.25 bits per heavy atom. The Morgan fingerprint density at radius 3 is 3.05 bits per heavy atom. The number of carbonyl (C=O) groups is 1. The lowest BCUT2D eigenvalue weighted by molar-refractivity contribution is 0.0316. The monoisotopic (exact) mass is 337 g/mol. The number of hydrogen-bond acceptors (Lipinski definition) is 3. The maximum absolute atomic E-state index is 12.6. The minimum atomic E-state index is 0.108. The quantitative estimate of drug-likeness (QED) is 0.738. The Hall–Kier alpha value is -0.940. The largest absolute Gasteiger partial charge is 0.338 e. The van der Waals surface area contributed by atoms with Crippen molar-refractivity contribution in [3.05, 3.63) is 28.5 Å². The Balaban J connectivity index is 1.73. The smallest absolute Gasteiger partial charge is 0.256 e. The van der Waals surface area contributed by atoms with Crippen molar-refractivity contribution in [2.45, 2.75) is 25.3 Å². The van der Waals surface area contributed by atoms with E-state index in [0.717, 1.165) is 19.5 Å². The van der Waals surface area contributed by atoms with Gasteiger partial charge < -0.3 is 9.80 Å². The van der Waals surface area contributed by atoms with Gasteiger partial charge in [-0.15, -0.1) is 0 Å². The molecule has 1 amide bonds. The fourth-order valence-electron chi connectivity index (χ4n) is 3.55. The highest BCUT2D eigenvalue weighted by molar-refractivity contribution is 9.10. The van der Waals surface area contributed by atoms with E-state index in [0.29, 0.717) is 22.1 Å². The van der Waals surface area contributed by atoms with E-state index in [-0.39, 0.29) is 5.91 Å². The normalized spacial score (nSPS) is 27.2. The number of rotatable bonds is 1. The summed E-state index contributed by atoms with van der Waals surface area (Å²) in [4.78, 5) is 21.2. The van der Waals surface area contributed by atoms with Crippen LogP contribution in [0.15, 0.2) is 22.9 Å². The second kappa shape index (κ2) is 5.82. The molecule has 2 aliphatic rings. The first kappa shape index (κ1) is 14.0. The summed E-state index contributed by atoms with van der Waals surface area (Å²) in [5.74, 6) is 0.735. The van der Waals surface area contributed by atoms with Crippen molar-refractivity contribution in [3.8, 4) is 0 Å². The number of halogens is 1. The first-order valence-electron chi connectivity index (χ1n) is 7.27. The van der Waals surface area contributed by atoms with E-state index in [2.05, 4.69) is 32.9 Å². The van der Waals surface area contributed by atoms with Gasteiger partial charge >= 0.3 is 0 Å². The Morgan fingerprint density at radius 1 is 1.40 bits per heavy atom. The summed E-state index contributed by atoms with van der Waals surface area (Å²) in [5.41, 5.74) is 0.676. The van der Waals surface area contributed by atoms with Crippen LogP contribution in [0.4, 0.5) is 0 Å². The summed E-state index contributed by atoms with van der Waals surface area (Å²) in [6, 6.07) is 4.32. The average molecular weight is 338 g/mol. The molecule has 0 saturated carbocycles. The third-order valence-corrected chi connectivity index (χ3v) is 5.25. The number of amides is 1. The van der Waals surface area contributed by atoms with Crippen LogP contribution in [-0.4, -0.2) is 53.4 Å². The number of nitrogens with zero attached hydrogens (tertiary/aromatic N) is 3. The van der Waals surface area contributed by atoms with Crippen molar-refractivity contribution in [1.29, 1.82) is 0 Å². The van der Waals surface area contributed by atoms with E-state index in [4.69, 9.17) is 0 Å². The zero-order valence-corrected chi connectivity index (χ0v) is 13.3. The third kappa shape index (κ3) is 2.61. The molecule has 5 heteroatoms. The van der Waals surface area contributed by atoms with Crippen molar-refractivity contribution >= 4 is 21.8 Å². The van der Waals surface area contributed by atoms with E-state index >= 15 is 0 Å². The molecule has 1 aromatic heterocycles. The molecular weight excluding hydrogens is 318 g/mol. The number of piperidine rings is 2. The van der Waals surface area contributed by atoms with E-state index in [1.54, 1.807) is 6.20 Å². The predicted octanol–water partition coefficient (Wildman–Crippen LogP) is 2.40. The van der Waals surface area contributed by atoms with Crippen LogP contribution >= 0.6 is 15.9 Å². The molecule has 20 heavy (non-hydrogen) atoms. The topological polar surface area (TPSA) is 36.4 Å². The fourth-order valence-corrected chi connectivity index (χ4v) is 3.97. The molecule has 4 nitrogen and oxygen atoms in total. The van der Waals surface area contributed by atoms with Gasteiger partial charge in [0.05, 0.1) is 5.56 Å². The van der Waals surface area contributed by atoms with Crippen molar-refractivity contribution in [3.63, 3.8) is 0 Å². The SMILES string of the molecule is CN1CCCC2CN(C(=O)c3cccnc3Br)CCC21. The summed E-state index contributed by atoms with van der Waals surface area (Å²) in [6.07, 6.45) is 5.28. The van der Waals surface area contributed by atoms with Gasteiger partial charge in [-0.3, -0.25) is 4.79 Å². The van der Waals surface area contributed by atoms with E-state index in [9.17, 15) is 4.79 Å². The van der Waals surface area contributed by atoms with Gasteiger partial charge in [-0.1, -0.05) is 0 Å². The van der Waals surface area contributed by atoms with Gasteiger partial charge in [0.25, 0.3) is 5.91 Å². The van der Waals surface area contributed by atoms with E-state index in [1.165, 1.54) is 19.4 Å². The van der Waals surface area contributed by atoms with E-state index in [1.807, 2.05) is 17.0 Å². The highest BCUT2D eigenvalue weighted by Crippen LogP contribution is 2.30. The predicted molar refractivity (Wildman–Crippen MR) is 81.6 cm³/mol. The summed E-state index contributed by atoms with van der Waals surface area (Å²) < 4.78 is 0.646. The van der Waals surface area contributed by atoms with Gasteiger partial charge in [0.15, 0.2) is 0 Å². The molecule has 2 aliphatic heterocycles. The lowest BCUT2D eigenvalue weighted by atomic mass is 9.84. The molecule has 0 bridgehead atoms. The molecule has 108 valence electrons. The van der Waals surface area contributed by atoms with Crippen LogP contribution in [0, 0.1) is 5.92 Å². The minimum Gasteiger partial charge on any atom is -0.338 e. The number of aromatic nitrogens is 1. The lowest BCUT2D eigenvalue weighted by Gasteiger charge is -2.46. The van der Waals surface area contributed by atoms with Crippen LogP contribution in [-0.2, 0) is 0 Å². The number of fused-ring (bicyclic) bond motifs is 1. The van der Waals surface area contributed by atoms with Crippen molar-refractivity contribution < 1.29 is 4.79 Å². The average Bonchev–Trinajstić information content (AvgIpc) is 2.47. The summed E-state index contributed by atoms with van der Waals surface area (Å²) in [5, 5.41) is 0. The molecule has 0 N–H and O–H groups in total. The zero-order chi connectivity index (χ0) is 14.1. The molecule has 0 aromatic carbocycles. The number of likely N-dealkylation sites (tertiary alicyclic amines) is 2. The molecule has 0 aliphatic carbocycles. The Kier molecular flexibility index (Phi) is 4.08. The van der Waals surface area contributed by atoms with E-state index < -0.39 is 0 Å². The molecule has 3 rings (SSSR count). The molecular formula is C15H20BrN3O. The molecule has 0 spiro atoms. The van der Waals surface area contributed by atoms with Crippen LogP contribution in [0.1, 0.15) is 29.6 Å². The maximum Gasteiger partial charge on any atom is 0.256 e. The summed E-state index contributed by atoms with van der Waals surface area (Å²) in [7, 11) is 2.21. The number of carbonyl (C=O) groups excluding carboxylic acids is 1. The van der Waals surface area contributed by atoms with Gasteiger partial charge in [-0.2, -0.15) is 0 Å². The van der Waals surface area contributed by atoms with Crippen molar-refractivity contribution in [2.75, 3.05) is 26.7 Å². The number of hydrogen-bond donors (Lipinski definition) is 0. The highest BCUT2D eigenvalue weighted by atomic mass is 79.9. The molecule has 2 unspecified atom stereocenters. The zero-order valence-electron chi connectivity index (χ0n) is 11.8. The summed E-state index contributed by atoms with van der Waals surface area (Å²) >= 11 is 3.38. The highest BCUT2D eigenvalue weighted by Gasteiger charge is 2.36. The second-order valence-electron chi connectivity index (χ2n) is 5.83. The lowest BCUT2D eigenvalue weighted by Crippen LogP contribution is -2.53. The standard InChI is InChI=1S/C15H20BrN3O/c1-18-8-3-4-11-10-19(9-6-13(11)18)15(20)12-5-2-7-17-14(12)16/h2,5,7,11,13H,3-4,6,8-10H2,1H3. The molecule has 3 heterocycles. The van der Waals surface area contributed by atoms with Crippen LogP contribution in [0.2, 0.25) is 0 Å². The minimum absolute atomic E-state index is 0.108. The second-order valence-corrected chi connectivity index (χ2v) is 6.58. The molecule has 0 radical (unpaired) electrons. The van der Waals surface area contributed by atoms with Crippen molar-refractivity contribution in [1.82, 2.24) is 14.8 Å². The fraction of sp³-hybridized carbons (Fsp3) is 0.600. The number of pyridine rings is 1. The Bertz CT molecular complexity index is 508.